The highest BCUT2D eigenvalue weighted by Crippen LogP contribution is 2.24. The SMILES string of the molecule is Oc1c(F)cc(F)cc1CBr. The Kier molecular flexibility index (Phi) is 2.44. The Balaban J connectivity index is 3.24. The summed E-state index contributed by atoms with van der Waals surface area (Å²) in [6, 6.07) is 1.72. The minimum absolute atomic E-state index is 0.211. The highest BCUT2D eigenvalue weighted by atomic mass is 79.9. The van der Waals surface area contributed by atoms with Gasteiger partial charge in [0.15, 0.2) is 11.6 Å². The minimum Gasteiger partial charge on any atom is -0.505 e. The van der Waals surface area contributed by atoms with Crippen LogP contribution < -0.4 is 0 Å². The minimum atomic E-state index is -0.931. The first-order valence-electron chi connectivity index (χ1n) is 2.88. The Bertz CT molecular complexity index is 275. The lowest BCUT2D eigenvalue weighted by atomic mass is 10.2. The van der Waals surface area contributed by atoms with Gasteiger partial charge in [0.05, 0.1) is 0 Å². The second-order valence-corrected chi connectivity index (χ2v) is 2.59. The third-order valence-corrected chi connectivity index (χ3v) is 1.86. The van der Waals surface area contributed by atoms with Crippen LogP contribution >= 0.6 is 15.9 Å². The molecule has 0 aromatic heterocycles. The standard InChI is InChI=1S/C7H5BrF2O/c8-3-4-1-5(9)2-6(10)7(4)11/h1-2,11H,3H2. The smallest absolute Gasteiger partial charge is 0.168 e. The van der Waals surface area contributed by atoms with Gasteiger partial charge in [0, 0.05) is 17.0 Å². The van der Waals surface area contributed by atoms with Crippen LogP contribution in [0, 0.1) is 11.6 Å². The van der Waals surface area contributed by atoms with Gasteiger partial charge in [0.2, 0.25) is 0 Å². The van der Waals surface area contributed by atoms with Crippen molar-refractivity contribution in [3.05, 3.63) is 29.3 Å². The van der Waals surface area contributed by atoms with Crippen molar-refractivity contribution >= 4 is 15.9 Å². The first-order valence-corrected chi connectivity index (χ1v) is 4.00. The fourth-order valence-corrected chi connectivity index (χ4v) is 1.15. The van der Waals surface area contributed by atoms with Crippen molar-refractivity contribution < 1.29 is 13.9 Å². The molecule has 0 unspecified atom stereocenters. The molecule has 0 bridgehead atoms. The van der Waals surface area contributed by atoms with Crippen LogP contribution in [0.25, 0.3) is 0 Å². The van der Waals surface area contributed by atoms with Crippen molar-refractivity contribution in [2.24, 2.45) is 0 Å². The van der Waals surface area contributed by atoms with E-state index in [4.69, 9.17) is 5.11 Å². The summed E-state index contributed by atoms with van der Waals surface area (Å²) in [5, 5.41) is 9.18. The number of rotatable bonds is 1. The zero-order chi connectivity index (χ0) is 8.43. The Morgan fingerprint density at radius 1 is 1.36 bits per heavy atom. The predicted octanol–water partition coefficient (Wildman–Crippen LogP) is 2.57. The molecule has 0 spiro atoms. The van der Waals surface area contributed by atoms with E-state index in [1.807, 2.05) is 0 Å². The van der Waals surface area contributed by atoms with Crippen molar-refractivity contribution in [2.45, 2.75) is 5.33 Å². The molecule has 0 saturated heterocycles. The molecule has 0 radical (unpaired) electrons. The van der Waals surface area contributed by atoms with Crippen molar-refractivity contribution in [2.75, 3.05) is 0 Å². The monoisotopic (exact) mass is 222 g/mol. The van der Waals surface area contributed by atoms with Crippen molar-refractivity contribution in [3.63, 3.8) is 0 Å². The molecule has 0 aliphatic rings. The van der Waals surface area contributed by atoms with Crippen LogP contribution in [0.5, 0.6) is 5.75 Å². The summed E-state index contributed by atoms with van der Waals surface area (Å²) < 4.78 is 24.9. The number of halogens is 3. The number of hydrogen-bond acceptors (Lipinski definition) is 1. The van der Waals surface area contributed by atoms with Gasteiger partial charge in [-0.2, -0.15) is 0 Å². The molecule has 0 heterocycles. The van der Waals surface area contributed by atoms with E-state index in [1.165, 1.54) is 0 Å². The largest absolute Gasteiger partial charge is 0.505 e. The van der Waals surface area contributed by atoms with Gasteiger partial charge < -0.3 is 5.11 Å². The average Bonchev–Trinajstić information content (AvgIpc) is 1.96. The lowest BCUT2D eigenvalue weighted by Gasteiger charge is -2.00. The third-order valence-electron chi connectivity index (χ3n) is 1.25. The molecule has 1 aromatic carbocycles. The van der Waals surface area contributed by atoms with Crippen molar-refractivity contribution in [3.8, 4) is 5.75 Å². The Labute approximate surface area is 70.8 Å². The molecule has 11 heavy (non-hydrogen) atoms. The number of benzene rings is 1. The van der Waals surface area contributed by atoms with Gasteiger partial charge in [0.25, 0.3) is 0 Å². The summed E-state index contributed by atoms with van der Waals surface area (Å²) in [5.41, 5.74) is 0.211. The molecular weight excluding hydrogens is 218 g/mol. The van der Waals surface area contributed by atoms with Crippen LogP contribution in [0.3, 0.4) is 0 Å². The maximum Gasteiger partial charge on any atom is 0.168 e. The summed E-state index contributed by atoms with van der Waals surface area (Å²) in [4.78, 5) is 0. The topological polar surface area (TPSA) is 20.2 Å². The highest BCUT2D eigenvalue weighted by molar-refractivity contribution is 9.08. The molecule has 0 fully saturated rings. The van der Waals surface area contributed by atoms with E-state index in [1.54, 1.807) is 0 Å². The zero-order valence-corrected chi connectivity index (χ0v) is 7.03. The number of aromatic hydroxyl groups is 1. The maximum absolute atomic E-state index is 12.5. The van der Waals surface area contributed by atoms with E-state index in [9.17, 15) is 8.78 Å². The van der Waals surface area contributed by atoms with Gasteiger partial charge in [-0.15, -0.1) is 0 Å². The molecule has 0 atom stereocenters. The molecule has 0 aliphatic heterocycles. The molecule has 4 heteroatoms. The second kappa shape index (κ2) is 3.17. The van der Waals surface area contributed by atoms with Crippen LogP contribution in [0.15, 0.2) is 12.1 Å². The van der Waals surface area contributed by atoms with Gasteiger partial charge in [0.1, 0.15) is 5.82 Å². The van der Waals surface area contributed by atoms with Gasteiger partial charge in [-0.3, -0.25) is 0 Å². The van der Waals surface area contributed by atoms with E-state index in [0.717, 1.165) is 6.07 Å². The van der Waals surface area contributed by atoms with Crippen LogP contribution in [0.2, 0.25) is 0 Å². The average molecular weight is 223 g/mol. The van der Waals surface area contributed by atoms with Crippen LogP contribution in [-0.4, -0.2) is 5.11 Å². The summed E-state index contributed by atoms with van der Waals surface area (Å²) in [6.07, 6.45) is 0. The fraction of sp³-hybridized carbons (Fsp3) is 0.143. The number of phenols is 1. The van der Waals surface area contributed by atoms with Crippen LogP contribution in [0.1, 0.15) is 5.56 Å². The van der Waals surface area contributed by atoms with Crippen LogP contribution in [0.4, 0.5) is 8.78 Å². The molecule has 1 aromatic rings. The highest BCUT2D eigenvalue weighted by Gasteiger charge is 2.07. The first-order chi connectivity index (χ1) is 5.15. The fourth-order valence-electron chi connectivity index (χ4n) is 0.721. The summed E-state index contributed by atoms with van der Waals surface area (Å²) in [7, 11) is 0. The lowest BCUT2D eigenvalue weighted by Crippen LogP contribution is -1.86. The van der Waals surface area contributed by atoms with Gasteiger partial charge in [-0.1, -0.05) is 15.9 Å². The summed E-state index contributed by atoms with van der Waals surface area (Å²) in [5.74, 6) is -2.11. The van der Waals surface area contributed by atoms with E-state index in [-0.39, 0.29) is 10.9 Å². The Morgan fingerprint density at radius 2 is 2.00 bits per heavy atom. The van der Waals surface area contributed by atoms with Crippen molar-refractivity contribution in [1.82, 2.24) is 0 Å². The number of alkyl halides is 1. The van der Waals surface area contributed by atoms with Gasteiger partial charge in [-0.05, 0) is 6.07 Å². The quantitative estimate of drug-likeness (QED) is 0.725. The molecular formula is C7H5BrF2O. The van der Waals surface area contributed by atoms with E-state index >= 15 is 0 Å². The Morgan fingerprint density at radius 3 is 2.55 bits per heavy atom. The van der Waals surface area contributed by atoms with E-state index < -0.39 is 17.4 Å². The number of hydrogen-bond donors (Lipinski definition) is 1. The molecule has 1 N–H and O–H groups in total. The third kappa shape index (κ3) is 1.68. The molecule has 60 valence electrons. The molecule has 1 nitrogen and oxygen atoms in total. The predicted molar refractivity (Wildman–Crippen MR) is 40.7 cm³/mol. The maximum atomic E-state index is 12.5. The van der Waals surface area contributed by atoms with Crippen molar-refractivity contribution in [1.29, 1.82) is 0 Å². The molecule has 1 rings (SSSR count). The normalized spacial score (nSPS) is 10.1. The van der Waals surface area contributed by atoms with Gasteiger partial charge in [-0.25, -0.2) is 8.78 Å². The van der Waals surface area contributed by atoms with Gasteiger partial charge >= 0.3 is 0 Å². The second-order valence-electron chi connectivity index (χ2n) is 2.03. The first kappa shape index (κ1) is 8.46. The zero-order valence-electron chi connectivity index (χ0n) is 5.44. The number of phenolic OH excluding ortho intramolecular Hbond substituents is 1. The molecule has 0 saturated carbocycles. The molecule has 0 amide bonds. The summed E-state index contributed by atoms with van der Waals surface area (Å²) in [6.45, 7) is 0. The van der Waals surface area contributed by atoms with E-state index in [0.29, 0.717) is 6.07 Å². The molecule has 0 aliphatic carbocycles. The van der Waals surface area contributed by atoms with E-state index in [2.05, 4.69) is 15.9 Å². The Hall–Kier alpha value is -0.640. The summed E-state index contributed by atoms with van der Waals surface area (Å²) >= 11 is 2.98. The van der Waals surface area contributed by atoms with Crippen LogP contribution in [-0.2, 0) is 5.33 Å². The lowest BCUT2D eigenvalue weighted by molar-refractivity contribution is 0.423.